The highest BCUT2D eigenvalue weighted by Gasteiger charge is 2.45. The standard InChI is InChI=1S/C80H109N15O19S2/c1-45(83)70(104)86-41-69(103)87-63-43-115-116-44-64(78(112)113)93-76(110)62(42-96)92-73(107)55(46(2)97)38-67(101)59(34-50-24-12-7-13-25-50)94-79(114)80(4,47(3)98)95-72(106)51(26-16-18-30-81)36-65(99)60(35-53-40-85-56-28-15-14-27-54(53)56)89-71(105)52(32-48-20-8-5-9-21-48)37-66(100)58(33-49-22-10-6-11-23-49)90-75(109)61(39-68(84)102)91-74(108)57(88-77(63)111)29-17-19-31-82/h5-15,20-25,27-28,40,45-47,51-52,55,57-64,85,96-98H,16-19,26,29-39,41-44,81-83H2,1-4H3,(H2,84,102)(H,86,104)(H,87,103)(H,88,111)(H,89,105)(H,90,109)(H,91,108)(H,92,107)(H,93,110)(H,94,114)(H,95,106)(H,112,113)/t45-,46+,47+,51+,52+,55-,57-,58-,59-,60-,61-,62-,63-,64-,80-/m0/s1. The van der Waals surface area contributed by atoms with E-state index in [2.05, 4.69) is 58.2 Å². The molecule has 1 aromatic heterocycles. The van der Waals surface area contributed by atoms with Gasteiger partial charge in [0.05, 0.1) is 61.9 Å². The summed E-state index contributed by atoms with van der Waals surface area (Å²) in [5.41, 5.74) is 23.7. The Labute approximate surface area is 679 Å². The van der Waals surface area contributed by atoms with Crippen molar-refractivity contribution in [3.05, 3.63) is 144 Å². The topological polar surface area (TPSA) is 577 Å². The molecule has 34 nitrogen and oxygen atoms in total. The number of carboxylic acids is 1. The first-order chi connectivity index (χ1) is 55.2. The van der Waals surface area contributed by atoms with Crippen LogP contribution in [0.4, 0.5) is 0 Å². The first kappa shape index (κ1) is 94.4. The zero-order chi connectivity index (χ0) is 85.2. The van der Waals surface area contributed by atoms with E-state index in [9.17, 15) is 68.4 Å². The van der Waals surface area contributed by atoms with E-state index in [0.29, 0.717) is 46.0 Å². The fourth-order valence-corrected chi connectivity index (χ4v) is 15.1. The van der Waals surface area contributed by atoms with Crippen molar-refractivity contribution in [2.75, 3.05) is 37.7 Å². The van der Waals surface area contributed by atoms with Crippen LogP contribution in [0.25, 0.3) is 10.9 Å². The van der Waals surface area contributed by atoms with E-state index in [1.54, 1.807) is 121 Å². The number of hydrogen-bond donors (Lipinski definition) is 19. The molecule has 23 N–H and O–H groups in total. The number of nitrogens with one attached hydrogen (secondary N) is 11. The number of aromatic nitrogens is 1. The van der Waals surface area contributed by atoms with Gasteiger partial charge < -0.3 is 102 Å². The number of H-pyrrole nitrogens is 1. The smallest absolute Gasteiger partial charge is 0.327 e. The van der Waals surface area contributed by atoms with Gasteiger partial charge in [-0.2, -0.15) is 0 Å². The number of ketones is 3. The molecule has 0 bridgehead atoms. The van der Waals surface area contributed by atoms with Crippen molar-refractivity contribution >= 4 is 121 Å². The number of primary amides is 1. The Kier molecular flexibility index (Phi) is 38.7. The number of rotatable bonds is 26. The van der Waals surface area contributed by atoms with Crippen LogP contribution in [0, 0.1) is 17.8 Å². The molecule has 0 unspecified atom stereocenters. The third kappa shape index (κ3) is 30.0. The largest absolute Gasteiger partial charge is 0.480 e. The Bertz CT molecular complexity index is 4180. The van der Waals surface area contributed by atoms with Crippen LogP contribution in [-0.2, 0) is 97.6 Å². The highest BCUT2D eigenvalue weighted by molar-refractivity contribution is 8.76. The molecule has 630 valence electrons. The summed E-state index contributed by atoms with van der Waals surface area (Å²) in [7, 11) is 1.52. The van der Waals surface area contributed by atoms with Gasteiger partial charge in [0, 0.05) is 66.1 Å². The maximum absolute atomic E-state index is 15.5. The van der Waals surface area contributed by atoms with Crippen LogP contribution >= 0.6 is 21.6 Å². The van der Waals surface area contributed by atoms with Crippen molar-refractivity contribution in [1.29, 1.82) is 0 Å². The predicted octanol–water partition coefficient (Wildman–Crippen LogP) is -1.25. The molecule has 116 heavy (non-hydrogen) atoms. The van der Waals surface area contributed by atoms with Gasteiger partial charge in [0.1, 0.15) is 35.7 Å². The maximum atomic E-state index is 15.5. The molecule has 6 rings (SSSR count). The number of hydrogen-bond acceptors (Lipinski definition) is 23. The highest BCUT2D eigenvalue weighted by atomic mass is 33.1. The summed E-state index contributed by atoms with van der Waals surface area (Å²) in [5.74, 6) is -20.6. The van der Waals surface area contributed by atoms with Gasteiger partial charge in [-0.25, -0.2) is 4.79 Å². The van der Waals surface area contributed by atoms with E-state index in [1.807, 2.05) is 0 Å². The van der Waals surface area contributed by atoms with Crippen molar-refractivity contribution in [3.8, 4) is 0 Å². The van der Waals surface area contributed by atoms with E-state index in [0.717, 1.165) is 28.5 Å². The molecule has 4 aromatic carbocycles. The third-order valence-electron chi connectivity index (χ3n) is 19.9. The molecule has 0 radical (unpaired) electrons. The summed E-state index contributed by atoms with van der Waals surface area (Å²) in [6.07, 6.45) is -4.72. The first-order valence-electron chi connectivity index (χ1n) is 38.4. The first-order valence-corrected chi connectivity index (χ1v) is 40.9. The molecule has 15 atom stereocenters. The van der Waals surface area contributed by atoms with Crippen molar-refractivity contribution in [2.24, 2.45) is 40.7 Å². The average Bonchev–Trinajstić information content (AvgIpc) is 1.42. The summed E-state index contributed by atoms with van der Waals surface area (Å²) in [4.78, 5) is 219. The average molecular weight is 1650 g/mol. The zero-order valence-electron chi connectivity index (χ0n) is 65.3. The van der Waals surface area contributed by atoms with Gasteiger partial charge in [0.15, 0.2) is 17.3 Å². The van der Waals surface area contributed by atoms with E-state index in [-0.39, 0.29) is 64.5 Å². The minimum Gasteiger partial charge on any atom is -0.480 e. The van der Waals surface area contributed by atoms with Crippen molar-refractivity contribution in [1.82, 2.24) is 58.2 Å². The quantitative estimate of drug-likeness (QED) is 0.0227. The number of fused-ring (bicyclic) bond motifs is 1. The van der Waals surface area contributed by atoms with Crippen molar-refractivity contribution < 1.29 is 92.3 Å². The summed E-state index contributed by atoms with van der Waals surface area (Å²) in [6.45, 7) is 3.28. The molecule has 1 aliphatic rings. The van der Waals surface area contributed by atoms with Crippen molar-refractivity contribution in [3.63, 3.8) is 0 Å². The number of nitrogens with two attached hydrogens (primary N) is 4. The second-order valence-electron chi connectivity index (χ2n) is 29.1. The van der Waals surface area contributed by atoms with Crippen LogP contribution in [0.15, 0.2) is 121 Å². The minimum atomic E-state index is -2.32. The number of unbranched alkanes of at least 4 members (excludes halogenated alkanes) is 2. The monoisotopic (exact) mass is 1650 g/mol. The molecular formula is C80H109N15O19S2. The van der Waals surface area contributed by atoms with E-state index in [1.165, 1.54) is 20.8 Å². The van der Waals surface area contributed by atoms with Crippen LogP contribution in [-0.4, -0.2) is 224 Å². The summed E-state index contributed by atoms with van der Waals surface area (Å²) < 4.78 is 0. The number of para-hydroxylation sites is 1. The summed E-state index contributed by atoms with van der Waals surface area (Å²) in [6, 6.07) is 17.8. The molecule has 0 aliphatic carbocycles. The van der Waals surface area contributed by atoms with Crippen LogP contribution in [0.1, 0.15) is 114 Å². The lowest BCUT2D eigenvalue weighted by atomic mass is 9.86. The molecule has 1 aliphatic heterocycles. The molecular weight excluding hydrogens is 1540 g/mol. The van der Waals surface area contributed by atoms with Crippen LogP contribution in [0.3, 0.4) is 0 Å². The van der Waals surface area contributed by atoms with E-state index in [4.69, 9.17) is 22.9 Å². The zero-order valence-corrected chi connectivity index (χ0v) is 66.9. The number of aliphatic carboxylic acids is 1. The summed E-state index contributed by atoms with van der Waals surface area (Å²) >= 11 is 0. The highest BCUT2D eigenvalue weighted by Crippen LogP contribution is 2.27. The van der Waals surface area contributed by atoms with Crippen LogP contribution in [0.2, 0.25) is 0 Å². The Balaban J connectivity index is 1.48. The van der Waals surface area contributed by atoms with Gasteiger partial charge in [0.25, 0.3) is 0 Å². The number of Topliss-reactive ketones (excluding diaryl/α,β-unsaturated/α-hetero) is 3. The lowest BCUT2D eigenvalue weighted by Crippen LogP contribution is -2.65. The van der Waals surface area contributed by atoms with E-state index < -0.39 is 229 Å². The molecule has 0 spiro atoms. The van der Waals surface area contributed by atoms with E-state index >= 15 is 24.0 Å². The normalized spacial score (nSPS) is 24.5. The van der Waals surface area contributed by atoms with Gasteiger partial charge in [-0.15, -0.1) is 0 Å². The molecule has 11 amide bonds. The molecule has 1 saturated heterocycles. The van der Waals surface area contributed by atoms with Gasteiger partial charge in [0.2, 0.25) is 65.0 Å². The number of carbonyl (C=O) groups excluding carboxylic acids is 14. The predicted molar refractivity (Wildman–Crippen MR) is 433 cm³/mol. The van der Waals surface area contributed by atoms with Crippen LogP contribution < -0.4 is 76.1 Å². The van der Waals surface area contributed by atoms with Crippen LogP contribution in [0.5, 0.6) is 0 Å². The number of aliphatic hydroxyl groups is 3. The number of benzene rings is 4. The number of carbonyl (C=O) groups is 15. The fourth-order valence-electron chi connectivity index (χ4n) is 12.8. The molecule has 0 saturated carbocycles. The Hall–Kier alpha value is -10.5. The Morgan fingerprint density at radius 3 is 1.59 bits per heavy atom. The molecule has 1 fully saturated rings. The number of aromatic amines is 1. The molecule has 36 heteroatoms. The third-order valence-corrected chi connectivity index (χ3v) is 22.3. The second kappa shape index (κ2) is 47.5. The number of amides is 11. The second-order valence-corrected chi connectivity index (χ2v) is 31.7. The Morgan fingerprint density at radius 2 is 1.03 bits per heavy atom. The summed E-state index contributed by atoms with van der Waals surface area (Å²) in [5, 5.41) is 69.5. The SMILES string of the molecule is C[C@H](N)C(=O)NCC(=O)N[C@H]1CSSC[C@@H](C(=O)O)NC(=O)[C@H](CO)NC(=O)[C@H]([C@@H](C)O)CC(=O)[C@H](Cc2ccccc2)NC(=O)[C@](C)([C@@H](C)O)NC(=O)[C@H](CCCCN)CC(=O)[C@H](Cc2c[nH]c3ccccc23)NC(=O)[C@H](Cc2ccccc2)CC(=O)[C@H](Cc2ccccc2)NC(=O)[C@H](CC(N)=O)NC(=O)[C@H](CCCCN)NC1=O. The molecule has 5 aromatic rings. The van der Waals surface area contributed by atoms with Gasteiger partial charge in [-0.05, 0) is 120 Å². The molecule has 2 heterocycles. The van der Waals surface area contributed by atoms with Gasteiger partial charge in [-0.1, -0.05) is 137 Å². The lowest BCUT2D eigenvalue weighted by Gasteiger charge is -2.35. The maximum Gasteiger partial charge on any atom is 0.327 e. The fraction of sp³-hybridized carbons (Fsp3) is 0.487. The van der Waals surface area contributed by atoms with Gasteiger partial charge in [-0.3, -0.25) is 67.1 Å². The Morgan fingerprint density at radius 1 is 0.543 bits per heavy atom. The minimum absolute atomic E-state index is 0.0358. The van der Waals surface area contributed by atoms with Gasteiger partial charge >= 0.3 is 5.97 Å². The number of carboxylic acid groups (broad SMARTS) is 1. The van der Waals surface area contributed by atoms with Crippen molar-refractivity contribution in [2.45, 2.75) is 190 Å². The lowest BCUT2D eigenvalue weighted by molar-refractivity contribution is -0.142. The number of aliphatic hydroxyl groups excluding tert-OH is 3.